The summed E-state index contributed by atoms with van der Waals surface area (Å²) in [6.07, 6.45) is 0. The summed E-state index contributed by atoms with van der Waals surface area (Å²) in [6.45, 7) is 3.92. The van der Waals surface area contributed by atoms with Crippen molar-refractivity contribution in [1.82, 2.24) is 4.31 Å². The minimum Gasteiger partial charge on any atom is -0.258 e. The van der Waals surface area contributed by atoms with Crippen molar-refractivity contribution in [3.8, 4) is 0 Å². The largest absolute Gasteiger partial charge is 0.270 e. The molecule has 0 N–H and O–H groups in total. The minimum absolute atomic E-state index is 0.0208. The first-order valence-electron chi connectivity index (χ1n) is 8.49. The molecule has 176 valence electrons. The first kappa shape index (κ1) is 28.0. The Morgan fingerprint density at radius 3 is 1.53 bits per heavy atom. The molecule has 0 aliphatic carbocycles. The Morgan fingerprint density at radius 1 is 0.812 bits per heavy atom. The zero-order valence-corrected chi connectivity index (χ0v) is 20.3. The van der Waals surface area contributed by atoms with Crippen LogP contribution in [0.4, 0.5) is 11.4 Å². The summed E-state index contributed by atoms with van der Waals surface area (Å²) in [4.78, 5) is 18.9. The van der Waals surface area contributed by atoms with Crippen LogP contribution in [0.1, 0.15) is 13.8 Å². The van der Waals surface area contributed by atoms with Crippen LogP contribution in [0.5, 0.6) is 0 Å². The third-order valence-corrected chi connectivity index (χ3v) is 8.17. The van der Waals surface area contributed by atoms with E-state index in [1.165, 1.54) is 16.4 Å². The fraction of sp³-hybridized carbons (Fsp3) is 0.250. The molecular weight excluding hydrogens is 533 g/mol. The van der Waals surface area contributed by atoms with Crippen molar-refractivity contribution >= 4 is 64.3 Å². The highest BCUT2D eigenvalue weighted by atomic mass is 35.7. The fourth-order valence-corrected chi connectivity index (χ4v) is 5.74. The lowest BCUT2D eigenvalue weighted by Gasteiger charge is -2.18. The van der Waals surface area contributed by atoms with Crippen molar-refractivity contribution in [2.75, 3.05) is 13.1 Å². The number of hydrogen-bond acceptors (Lipinski definition) is 8. The van der Waals surface area contributed by atoms with Crippen LogP contribution in [-0.2, 0) is 19.1 Å². The van der Waals surface area contributed by atoms with E-state index in [-0.39, 0.29) is 39.4 Å². The topological polar surface area (TPSA) is 158 Å². The number of halogens is 3. The SMILES string of the molecule is CCN(CC)S(=O)(=O)c1cc([N+](=O)[O-])ccc1Cl.O=[N+]([O-])c1ccc(Cl)c(S(=O)(=O)Cl)c1. The highest BCUT2D eigenvalue weighted by molar-refractivity contribution is 8.13. The molecule has 0 unspecified atom stereocenters. The van der Waals surface area contributed by atoms with Gasteiger partial charge in [-0.15, -0.1) is 0 Å². The number of rotatable bonds is 7. The zero-order valence-electron chi connectivity index (χ0n) is 16.4. The van der Waals surface area contributed by atoms with Crippen LogP contribution in [0.25, 0.3) is 0 Å². The molecule has 0 saturated carbocycles. The highest BCUT2D eigenvalue weighted by Crippen LogP contribution is 2.29. The Balaban J connectivity index is 0.000000330. The van der Waals surface area contributed by atoms with Gasteiger partial charge in [0.2, 0.25) is 10.0 Å². The average Bonchev–Trinajstić information content (AvgIpc) is 2.68. The first-order chi connectivity index (χ1) is 14.7. The van der Waals surface area contributed by atoms with E-state index in [1.54, 1.807) is 13.8 Å². The van der Waals surface area contributed by atoms with Gasteiger partial charge in [-0.1, -0.05) is 37.0 Å². The molecule has 32 heavy (non-hydrogen) atoms. The van der Waals surface area contributed by atoms with Crippen LogP contribution < -0.4 is 0 Å². The Labute approximate surface area is 198 Å². The first-order valence-corrected chi connectivity index (χ1v) is 13.0. The fourth-order valence-electron chi connectivity index (χ4n) is 2.30. The minimum atomic E-state index is -4.05. The second-order valence-corrected chi connectivity index (χ2v) is 11.0. The lowest BCUT2D eigenvalue weighted by Crippen LogP contribution is -2.30. The molecule has 0 fully saturated rings. The van der Waals surface area contributed by atoms with E-state index in [0.717, 1.165) is 24.3 Å². The Morgan fingerprint density at radius 2 is 1.19 bits per heavy atom. The van der Waals surface area contributed by atoms with E-state index in [4.69, 9.17) is 33.9 Å². The van der Waals surface area contributed by atoms with Crippen molar-refractivity contribution in [3.63, 3.8) is 0 Å². The van der Waals surface area contributed by atoms with Gasteiger partial charge >= 0.3 is 0 Å². The predicted octanol–water partition coefficient (Wildman–Crippen LogP) is 4.45. The number of nitro groups is 2. The number of nitro benzene ring substituents is 2. The van der Waals surface area contributed by atoms with Gasteiger partial charge in [0.25, 0.3) is 20.4 Å². The molecule has 2 rings (SSSR count). The zero-order chi connectivity index (χ0) is 24.9. The van der Waals surface area contributed by atoms with Crippen LogP contribution in [0, 0.1) is 20.2 Å². The molecule has 0 amide bonds. The highest BCUT2D eigenvalue weighted by Gasteiger charge is 2.26. The molecule has 0 aromatic heterocycles. The van der Waals surface area contributed by atoms with Crippen molar-refractivity contribution in [2.45, 2.75) is 23.6 Å². The molecule has 0 spiro atoms. The maximum absolute atomic E-state index is 12.2. The summed E-state index contributed by atoms with van der Waals surface area (Å²) in [5.41, 5.74) is -0.682. The van der Waals surface area contributed by atoms with Gasteiger partial charge in [0, 0.05) is 48.0 Å². The predicted molar refractivity (Wildman–Crippen MR) is 119 cm³/mol. The third-order valence-electron chi connectivity index (χ3n) is 3.84. The molecular formula is C16H16Cl3N3O8S2. The molecule has 0 saturated heterocycles. The molecule has 0 aliphatic heterocycles. The molecule has 2 aromatic carbocycles. The molecule has 0 bridgehead atoms. The summed E-state index contributed by atoms with van der Waals surface area (Å²) in [7, 11) is -2.84. The molecule has 0 radical (unpaired) electrons. The third kappa shape index (κ3) is 6.98. The summed E-state index contributed by atoms with van der Waals surface area (Å²) < 4.78 is 47.4. The molecule has 0 heterocycles. The van der Waals surface area contributed by atoms with Gasteiger partial charge in [-0.2, -0.15) is 4.31 Å². The van der Waals surface area contributed by atoms with Gasteiger partial charge in [-0.3, -0.25) is 20.2 Å². The number of non-ortho nitro benzene ring substituents is 2. The number of hydrogen-bond donors (Lipinski definition) is 0. The maximum Gasteiger partial charge on any atom is 0.270 e. The molecule has 11 nitrogen and oxygen atoms in total. The molecule has 0 atom stereocenters. The van der Waals surface area contributed by atoms with Gasteiger partial charge in [0.05, 0.1) is 19.9 Å². The van der Waals surface area contributed by atoms with Crippen molar-refractivity contribution < 1.29 is 26.7 Å². The van der Waals surface area contributed by atoms with Gasteiger partial charge in [-0.05, 0) is 12.1 Å². The van der Waals surface area contributed by atoms with Crippen molar-refractivity contribution in [1.29, 1.82) is 0 Å². The second kappa shape index (κ2) is 11.2. The number of benzene rings is 2. The van der Waals surface area contributed by atoms with Gasteiger partial charge in [0.15, 0.2) is 0 Å². The molecule has 16 heteroatoms. The van der Waals surface area contributed by atoms with E-state index in [1.807, 2.05) is 0 Å². The summed E-state index contributed by atoms with van der Waals surface area (Å²) in [5, 5.41) is 20.8. The van der Waals surface area contributed by atoms with Crippen LogP contribution in [0.15, 0.2) is 46.2 Å². The normalized spacial score (nSPS) is 11.6. The van der Waals surface area contributed by atoms with Crippen LogP contribution in [0.2, 0.25) is 10.0 Å². The van der Waals surface area contributed by atoms with E-state index in [2.05, 4.69) is 0 Å². The number of nitrogens with zero attached hydrogens (tertiary/aromatic N) is 3. The van der Waals surface area contributed by atoms with Gasteiger partial charge in [0.1, 0.15) is 9.79 Å². The monoisotopic (exact) mass is 547 g/mol. The smallest absolute Gasteiger partial charge is 0.258 e. The van der Waals surface area contributed by atoms with Gasteiger partial charge in [-0.25, -0.2) is 16.8 Å². The average molecular weight is 549 g/mol. The van der Waals surface area contributed by atoms with Crippen molar-refractivity contribution in [3.05, 3.63) is 66.7 Å². The Kier molecular flexibility index (Phi) is 9.81. The number of sulfonamides is 1. The molecule has 2 aromatic rings. The second-order valence-electron chi connectivity index (χ2n) is 5.77. The lowest BCUT2D eigenvalue weighted by atomic mass is 10.3. The molecule has 0 aliphatic rings. The quantitative estimate of drug-likeness (QED) is 0.279. The summed E-state index contributed by atoms with van der Waals surface area (Å²) >= 11 is 11.3. The lowest BCUT2D eigenvalue weighted by molar-refractivity contribution is -0.385. The van der Waals surface area contributed by atoms with E-state index in [0.29, 0.717) is 0 Å². The van der Waals surface area contributed by atoms with E-state index in [9.17, 15) is 37.1 Å². The maximum atomic E-state index is 12.2. The standard InChI is InChI=1S/C10H13ClN2O4S.C6H3Cl2NO4S/c1-3-12(4-2)18(16,17)10-7-8(13(14)15)5-6-9(10)11;7-5-2-1-4(9(10)11)3-6(5)14(8,12)13/h5-7H,3-4H2,1-2H3;1-3H. The Hall–Kier alpha value is -2.03. The van der Waals surface area contributed by atoms with E-state index >= 15 is 0 Å². The van der Waals surface area contributed by atoms with Crippen LogP contribution >= 0.6 is 33.9 Å². The Bertz CT molecular complexity index is 1230. The van der Waals surface area contributed by atoms with Crippen LogP contribution in [0.3, 0.4) is 0 Å². The van der Waals surface area contributed by atoms with Crippen molar-refractivity contribution in [2.24, 2.45) is 0 Å². The summed E-state index contributed by atoms with van der Waals surface area (Å²) in [5.74, 6) is 0. The van der Waals surface area contributed by atoms with Crippen LogP contribution in [-0.4, -0.2) is 44.1 Å². The summed E-state index contributed by atoms with van der Waals surface area (Å²) in [6, 6.07) is 6.38. The van der Waals surface area contributed by atoms with Gasteiger partial charge < -0.3 is 0 Å². The van der Waals surface area contributed by atoms with E-state index < -0.39 is 33.8 Å².